The number of aliphatic hydroxyl groups is 1. The molecular formula is C16H22N4O2. The van der Waals surface area contributed by atoms with Crippen LogP contribution in [0, 0.1) is 0 Å². The van der Waals surface area contributed by atoms with E-state index in [1.165, 1.54) is 5.56 Å². The van der Waals surface area contributed by atoms with Crippen LogP contribution in [0.25, 0.3) is 0 Å². The van der Waals surface area contributed by atoms with E-state index in [4.69, 9.17) is 0 Å². The maximum atomic E-state index is 11.8. The standard InChI is InChI=1S/C16H22N4O2/c1-2-10-17-16(22)11-20-15(14(12-21)18-19-20)9-8-13-6-4-3-5-7-13/h3-7,21H,2,8-12H2,1H3,(H,17,22). The highest BCUT2D eigenvalue weighted by Crippen LogP contribution is 2.11. The number of carbonyl (C=O) groups is 1. The van der Waals surface area contributed by atoms with E-state index in [0.717, 1.165) is 18.5 Å². The predicted molar refractivity (Wildman–Crippen MR) is 83.1 cm³/mol. The Kier molecular flexibility index (Phi) is 6.09. The van der Waals surface area contributed by atoms with Gasteiger partial charge in [-0.15, -0.1) is 5.10 Å². The smallest absolute Gasteiger partial charge is 0.241 e. The van der Waals surface area contributed by atoms with Gasteiger partial charge in [0.1, 0.15) is 12.2 Å². The number of aryl methyl sites for hydroxylation is 1. The quantitative estimate of drug-likeness (QED) is 0.765. The van der Waals surface area contributed by atoms with Gasteiger partial charge in [0.25, 0.3) is 0 Å². The Morgan fingerprint density at radius 1 is 1.27 bits per heavy atom. The number of hydrogen-bond donors (Lipinski definition) is 2. The van der Waals surface area contributed by atoms with Crippen LogP contribution in [0.3, 0.4) is 0 Å². The van der Waals surface area contributed by atoms with Gasteiger partial charge in [-0.05, 0) is 24.8 Å². The topological polar surface area (TPSA) is 80.0 Å². The first kappa shape index (κ1) is 16.2. The van der Waals surface area contributed by atoms with E-state index in [9.17, 15) is 9.90 Å². The fourth-order valence-corrected chi connectivity index (χ4v) is 2.26. The van der Waals surface area contributed by atoms with Gasteiger partial charge in [0.05, 0.1) is 12.3 Å². The first-order chi connectivity index (χ1) is 10.7. The van der Waals surface area contributed by atoms with E-state index < -0.39 is 0 Å². The van der Waals surface area contributed by atoms with Crippen LogP contribution in [0.5, 0.6) is 0 Å². The van der Waals surface area contributed by atoms with E-state index in [0.29, 0.717) is 18.7 Å². The molecule has 0 saturated carbocycles. The van der Waals surface area contributed by atoms with Crippen molar-refractivity contribution in [3.05, 3.63) is 47.3 Å². The molecule has 1 heterocycles. The van der Waals surface area contributed by atoms with Crippen molar-refractivity contribution in [3.63, 3.8) is 0 Å². The van der Waals surface area contributed by atoms with Crippen molar-refractivity contribution in [2.45, 2.75) is 39.3 Å². The maximum absolute atomic E-state index is 11.8. The average molecular weight is 302 g/mol. The Bertz CT molecular complexity index is 595. The fourth-order valence-electron chi connectivity index (χ4n) is 2.26. The molecule has 118 valence electrons. The zero-order valence-corrected chi connectivity index (χ0v) is 12.8. The average Bonchev–Trinajstić information content (AvgIpc) is 2.93. The Balaban J connectivity index is 2.05. The zero-order valence-electron chi connectivity index (χ0n) is 12.8. The summed E-state index contributed by atoms with van der Waals surface area (Å²) in [5.74, 6) is -0.0859. The van der Waals surface area contributed by atoms with Gasteiger partial charge in [-0.3, -0.25) is 4.79 Å². The second kappa shape index (κ2) is 8.29. The molecule has 0 atom stereocenters. The number of benzene rings is 1. The summed E-state index contributed by atoms with van der Waals surface area (Å²) in [6, 6.07) is 10.1. The van der Waals surface area contributed by atoms with Crippen LogP contribution in [0.2, 0.25) is 0 Å². The fraction of sp³-hybridized carbons (Fsp3) is 0.438. The van der Waals surface area contributed by atoms with Crippen molar-refractivity contribution in [2.75, 3.05) is 6.54 Å². The number of hydrogen-bond acceptors (Lipinski definition) is 4. The van der Waals surface area contributed by atoms with Crippen LogP contribution in [0.1, 0.15) is 30.3 Å². The number of rotatable bonds is 8. The molecule has 6 heteroatoms. The summed E-state index contributed by atoms with van der Waals surface area (Å²) in [6.45, 7) is 2.63. The lowest BCUT2D eigenvalue weighted by molar-refractivity contribution is -0.121. The normalized spacial score (nSPS) is 10.6. The van der Waals surface area contributed by atoms with Gasteiger partial charge < -0.3 is 10.4 Å². The minimum atomic E-state index is -0.166. The lowest BCUT2D eigenvalue weighted by Gasteiger charge is -2.08. The molecule has 1 aromatic carbocycles. The van der Waals surface area contributed by atoms with Gasteiger partial charge in [0.2, 0.25) is 5.91 Å². The van der Waals surface area contributed by atoms with Crippen molar-refractivity contribution >= 4 is 5.91 Å². The number of nitrogens with one attached hydrogen (secondary N) is 1. The minimum Gasteiger partial charge on any atom is -0.390 e. The molecule has 2 N–H and O–H groups in total. The molecule has 1 aromatic heterocycles. The van der Waals surface area contributed by atoms with Crippen molar-refractivity contribution in [2.24, 2.45) is 0 Å². The molecule has 0 saturated heterocycles. The van der Waals surface area contributed by atoms with E-state index in [1.54, 1.807) is 4.68 Å². The largest absolute Gasteiger partial charge is 0.390 e. The van der Waals surface area contributed by atoms with Crippen LogP contribution in [-0.4, -0.2) is 32.6 Å². The highest BCUT2D eigenvalue weighted by atomic mass is 16.3. The minimum absolute atomic E-state index is 0.0859. The second-order valence-corrected chi connectivity index (χ2v) is 5.13. The first-order valence-corrected chi connectivity index (χ1v) is 7.57. The van der Waals surface area contributed by atoms with Gasteiger partial charge in [0, 0.05) is 6.54 Å². The molecular weight excluding hydrogens is 280 g/mol. The maximum Gasteiger partial charge on any atom is 0.241 e. The highest BCUT2D eigenvalue weighted by molar-refractivity contribution is 5.75. The Labute approximate surface area is 130 Å². The molecule has 0 aliphatic heterocycles. The SMILES string of the molecule is CCCNC(=O)Cn1nnc(CO)c1CCc1ccccc1. The summed E-state index contributed by atoms with van der Waals surface area (Å²) in [4.78, 5) is 11.8. The van der Waals surface area contributed by atoms with Crippen molar-refractivity contribution in [1.29, 1.82) is 0 Å². The molecule has 0 fully saturated rings. The molecule has 22 heavy (non-hydrogen) atoms. The number of carbonyl (C=O) groups excluding carboxylic acids is 1. The molecule has 0 aliphatic carbocycles. The van der Waals surface area contributed by atoms with Crippen LogP contribution in [0.4, 0.5) is 0 Å². The van der Waals surface area contributed by atoms with Gasteiger partial charge in [-0.25, -0.2) is 4.68 Å². The Morgan fingerprint density at radius 3 is 2.73 bits per heavy atom. The number of aliphatic hydroxyl groups excluding tert-OH is 1. The van der Waals surface area contributed by atoms with Gasteiger partial charge in [0.15, 0.2) is 0 Å². The Hall–Kier alpha value is -2.21. The lowest BCUT2D eigenvalue weighted by atomic mass is 10.1. The second-order valence-electron chi connectivity index (χ2n) is 5.13. The molecule has 2 aromatic rings. The van der Waals surface area contributed by atoms with Crippen molar-refractivity contribution in [1.82, 2.24) is 20.3 Å². The molecule has 0 aliphatic rings. The van der Waals surface area contributed by atoms with Crippen molar-refractivity contribution < 1.29 is 9.90 Å². The molecule has 6 nitrogen and oxygen atoms in total. The van der Waals surface area contributed by atoms with Crippen LogP contribution in [-0.2, 0) is 30.8 Å². The molecule has 0 bridgehead atoms. The van der Waals surface area contributed by atoms with Crippen LogP contribution < -0.4 is 5.32 Å². The summed E-state index contributed by atoms with van der Waals surface area (Å²) in [5, 5.41) is 20.2. The highest BCUT2D eigenvalue weighted by Gasteiger charge is 2.14. The number of amides is 1. The lowest BCUT2D eigenvalue weighted by Crippen LogP contribution is -2.29. The molecule has 0 spiro atoms. The zero-order chi connectivity index (χ0) is 15.8. The summed E-state index contributed by atoms with van der Waals surface area (Å²) < 4.78 is 1.58. The van der Waals surface area contributed by atoms with E-state index in [2.05, 4.69) is 27.8 Å². The molecule has 0 radical (unpaired) electrons. The van der Waals surface area contributed by atoms with Crippen LogP contribution in [0.15, 0.2) is 30.3 Å². The van der Waals surface area contributed by atoms with Gasteiger partial charge in [-0.1, -0.05) is 42.5 Å². The van der Waals surface area contributed by atoms with E-state index in [-0.39, 0.29) is 19.1 Å². The van der Waals surface area contributed by atoms with Crippen molar-refractivity contribution in [3.8, 4) is 0 Å². The third kappa shape index (κ3) is 4.39. The molecule has 0 unspecified atom stereocenters. The summed E-state index contributed by atoms with van der Waals surface area (Å²) in [6.07, 6.45) is 2.40. The molecule has 2 rings (SSSR count). The van der Waals surface area contributed by atoms with Crippen LogP contribution >= 0.6 is 0 Å². The third-order valence-electron chi connectivity index (χ3n) is 3.43. The third-order valence-corrected chi connectivity index (χ3v) is 3.43. The van der Waals surface area contributed by atoms with E-state index >= 15 is 0 Å². The Morgan fingerprint density at radius 2 is 2.05 bits per heavy atom. The molecule has 1 amide bonds. The monoisotopic (exact) mass is 302 g/mol. The summed E-state index contributed by atoms with van der Waals surface area (Å²) >= 11 is 0. The predicted octanol–water partition coefficient (Wildman–Crippen LogP) is 1.08. The number of nitrogens with zero attached hydrogens (tertiary/aromatic N) is 3. The summed E-state index contributed by atoms with van der Waals surface area (Å²) in [7, 11) is 0. The van der Waals surface area contributed by atoms with Gasteiger partial charge >= 0.3 is 0 Å². The van der Waals surface area contributed by atoms with Gasteiger partial charge in [-0.2, -0.15) is 0 Å². The van der Waals surface area contributed by atoms with E-state index in [1.807, 2.05) is 25.1 Å². The first-order valence-electron chi connectivity index (χ1n) is 7.57. The summed E-state index contributed by atoms with van der Waals surface area (Å²) in [5.41, 5.74) is 2.56. The number of aromatic nitrogens is 3.